The Balaban J connectivity index is 1.54. The van der Waals surface area contributed by atoms with Gasteiger partial charge in [-0.05, 0) is 70.3 Å². The summed E-state index contributed by atoms with van der Waals surface area (Å²) in [6.45, 7) is 8.34. The van der Waals surface area contributed by atoms with Crippen molar-refractivity contribution in [2.75, 3.05) is 0 Å². The zero-order chi connectivity index (χ0) is 17.2. The van der Waals surface area contributed by atoms with Crippen LogP contribution in [-0.4, -0.2) is 18.3 Å². The van der Waals surface area contributed by atoms with E-state index in [-0.39, 0.29) is 18.3 Å². The Labute approximate surface area is 145 Å². The van der Waals surface area contributed by atoms with Crippen LogP contribution < -0.4 is 4.74 Å². The van der Waals surface area contributed by atoms with Gasteiger partial charge in [0.15, 0.2) is 0 Å². The van der Waals surface area contributed by atoms with Crippen LogP contribution in [0, 0.1) is 0 Å². The summed E-state index contributed by atoms with van der Waals surface area (Å²) < 4.78 is 17.9. The Morgan fingerprint density at radius 1 is 0.792 bits per heavy atom. The standard InChI is InChI=1S/C20H25BO3/c1-19(2)20(3,4)24-21(23-19)15-14-16-10-12-18(13-11-16)22-17-8-6-5-7-9-17/h5-13H,14-15H2,1-4H3. The maximum Gasteiger partial charge on any atom is 0.458 e. The smallest absolute Gasteiger partial charge is 0.457 e. The predicted octanol–water partition coefficient (Wildman–Crippen LogP) is 5.11. The Bertz CT molecular complexity index is 649. The van der Waals surface area contributed by atoms with E-state index >= 15 is 0 Å². The molecule has 0 N–H and O–H groups in total. The topological polar surface area (TPSA) is 27.7 Å². The van der Waals surface area contributed by atoms with Crippen molar-refractivity contribution in [1.29, 1.82) is 0 Å². The summed E-state index contributed by atoms with van der Waals surface area (Å²) in [6.07, 6.45) is 1.77. The van der Waals surface area contributed by atoms with Crippen LogP contribution in [-0.2, 0) is 15.7 Å². The average Bonchev–Trinajstić information content (AvgIpc) is 2.75. The molecule has 1 aliphatic rings. The zero-order valence-electron chi connectivity index (χ0n) is 14.9. The van der Waals surface area contributed by atoms with Crippen LogP contribution >= 0.6 is 0 Å². The van der Waals surface area contributed by atoms with Gasteiger partial charge in [0.2, 0.25) is 0 Å². The fourth-order valence-corrected chi connectivity index (χ4v) is 2.72. The third-order valence-corrected chi connectivity index (χ3v) is 4.87. The monoisotopic (exact) mass is 324 g/mol. The van der Waals surface area contributed by atoms with Gasteiger partial charge in [-0.25, -0.2) is 0 Å². The molecule has 0 aliphatic carbocycles. The molecule has 0 saturated carbocycles. The minimum Gasteiger partial charge on any atom is -0.457 e. The van der Waals surface area contributed by atoms with Gasteiger partial charge in [0, 0.05) is 0 Å². The van der Waals surface area contributed by atoms with Crippen LogP contribution in [0.3, 0.4) is 0 Å². The van der Waals surface area contributed by atoms with Crippen LogP contribution in [0.1, 0.15) is 33.3 Å². The first-order chi connectivity index (χ1) is 11.4. The molecule has 24 heavy (non-hydrogen) atoms. The third-order valence-electron chi connectivity index (χ3n) is 4.87. The molecule has 3 rings (SSSR count). The molecule has 1 fully saturated rings. The molecule has 0 amide bonds. The SMILES string of the molecule is CC1(C)OB(CCc2ccc(Oc3ccccc3)cc2)OC1(C)C. The molecule has 0 radical (unpaired) electrons. The van der Waals surface area contributed by atoms with Crippen molar-refractivity contribution in [2.24, 2.45) is 0 Å². The van der Waals surface area contributed by atoms with Crippen LogP contribution in [0.4, 0.5) is 0 Å². The summed E-state index contributed by atoms with van der Waals surface area (Å²) in [6, 6.07) is 18.0. The Kier molecular flexibility index (Phi) is 4.70. The van der Waals surface area contributed by atoms with E-state index in [1.807, 2.05) is 42.5 Å². The van der Waals surface area contributed by atoms with Crippen molar-refractivity contribution < 1.29 is 14.0 Å². The largest absolute Gasteiger partial charge is 0.458 e. The lowest BCUT2D eigenvalue weighted by Crippen LogP contribution is -2.41. The number of para-hydroxylation sites is 1. The summed E-state index contributed by atoms with van der Waals surface area (Å²) in [5, 5.41) is 0. The second kappa shape index (κ2) is 6.62. The van der Waals surface area contributed by atoms with E-state index in [0.29, 0.717) is 0 Å². The molecule has 0 aromatic heterocycles. The van der Waals surface area contributed by atoms with Gasteiger partial charge in [0.1, 0.15) is 11.5 Å². The van der Waals surface area contributed by atoms with Crippen molar-refractivity contribution in [3.8, 4) is 11.5 Å². The van der Waals surface area contributed by atoms with E-state index in [1.54, 1.807) is 0 Å². The first-order valence-corrected chi connectivity index (χ1v) is 8.53. The quantitative estimate of drug-likeness (QED) is 0.715. The van der Waals surface area contributed by atoms with Gasteiger partial charge in [0.25, 0.3) is 0 Å². The van der Waals surface area contributed by atoms with Gasteiger partial charge in [-0.1, -0.05) is 30.3 Å². The molecule has 3 nitrogen and oxygen atoms in total. The summed E-state index contributed by atoms with van der Waals surface area (Å²) in [5.74, 6) is 1.70. The molecule has 126 valence electrons. The van der Waals surface area contributed by atoms with E-state index in [2.05, 4.69) is 39.8 Å². The van der Waals surface area contributed by atoms with Crippen molar-refractivity contribution in [3.63, 3.8) is 0 Å². The molecule has 2 aromatic rings. The number of benzene rings is 2. The maximum absolute atomic E-state index is 6.04. The maximum atomic E-state index is 6.04. The highest BCUT2D eigenvalue weighted by atomic mass is 16.7. The fourth-order valence-electron chi connectivity index (χ4n) is 2.72. The second-order valence-electron chi connectivity index (χ2n) is 7.28. The van der Waals surface area contributed by atoms with E-state index in [1.165, 1.54) is 5.56 Å². The van der Waals surface area contributed by atoms with Gasteiger partial charge < -0.3 is 14.0 Å². The predicted molar refractivity (Wildman–Crippen MR) is 97.6 cm³/mol. The number of hydrogen-bond acceptors (Lipinski definition) is 3. The summed E-state index contributed by atoms with van der Waals surface area (Å²) in [5.41, 5.74) is 0.737. The first kappa shape index (κ1) is 17.1. The highest BCUT2D eigenvalue weighted by molar-refractivity contribution is 6.45. The lowest BCUT2D eigenvalue weighted by molar-refractivity contribution is 0.00578. The van der Waals surface area contributed by atoms with Gasteiger partial charge in [0.05, 0.1) is 11.2 Å². The molecule has 0 atom stereocenters. The van der Waals surface area contributed by atoms with E-state index in [4.69, 9.17) is 14.0 Å². The van der Waals surface area contributed by atoms with E-state index in [9.17, 15) is 0 Å². The number of hydrogen-bond donors (Lipinski definition) is 0. The van der Waals surface area contributed by atoms with Crippen molar-refractivity contribution in [2.45, 2.75) is 51.6 Å². The van der Waals surface area contributed by atoms with E-state index < -0.39 is 0 Å². The highest BCUT2D eigenvalue weighted by Crippen LogP contribution is 2.38. The van der Waals surface area contributed by atoms with Crippen molar-refractivity contribution in [3.05, 3.63) is 60.2 Å². The normalized spacial score (nSPS) is 18.6. The Hall–Kier alpha value is -1.78. The van der Waals surface area contributed by atoms with Gasteiger partial charge in [-0.15, -0.1) is 0 Å². The number of ether oxygens (including phenoxy) is 1. The van der Waals surface area contributed by atoms with Crippen LogP contribution in [0.2, 0.25) is 6.32 Å². The highest BCUT2D eigenvalue weighted by Gasteiger charge is 2.50. The molecule has 1 heterocycles. The molecule has 2 aromatic carbocycles. The zero-order valence-corrected chi connectivity index (χ0v) is 14.9. The van der Waals surface area contributed by atoms with Crippen LogP contribution in [0.25, 0.3) is 0 Å². The first-order valence-electron chi connectivity index (χ1n) is 8.53. The Morgan fingerprint density at radius 2 is 1.33 bits per heavy atom. The lowest BCUT2D eigenvalue weighted by Gasteiger charge is -2.32. The summed E-state index contributed by atoms with van der Waals surface area (Å²) in [4.78, 5) is 0. The molecular weight excluding hydrogens is 299 g/mol. The number of aryl methyl sites for hydroxylation is 1. The second-order valence-corrected chi connectivity index (χ2v) is 7.28. The number of rotatable bonds is 5. The summed E-state index contributed by atoms with van der Waals surface area (Å²) in [7, 11) is -0.143. The fraction of sp³-hybridized carbons (Fsp3) is 0.400. The van der Waals surface area contributed by atoms with Gasteiger partial charge >= 0.3 is 7.12 Å². The van der Waals surface area contributed by atoms with Crippen molar-refractivity contribution in [1.82, 2.24) is 0 Å². The Morgan fingerprint density at radius 3 is 1.92 bits per heavy atom. The van der Waals surface area contributed by atoms with Crippen LogP contribution in [0.15, 0.2) is 54.6 Å². The molecule has 0 spiro atoms. The lowest BCUT2D eigenvalue weighted by atomic mass is 9.81. The van der Waals surface area contributed by atoms with Crippen molar-refractivity contribution >= 4 is 7.12 Å². The molecular formula is C20H25BO3. The average molecular weight is 324 g/mol. The molecule has 0 bridgehead atoms. The molecule has 1 aliphatic heterocycles. The molecule has 4 heteroatoms. The third kappa shape index (κ3) is 3.82. The van der Waals surface area contributed by atoms with Gasteiger partial charge in [-0.3, -0.25) is 0 Å². The summed E-state index contributed by atoms with van der Waals surface area (Å²) >= 11 is 0. The minimum absolute atomic E-state index is 0.143. The van der Waals surface area contributed by atoms with E-state index in [0.717, 1.165) is 24.2 Å². The van der Waals surface area contributed by atoms with Crippen LogP contribution in [0.5, 0.6) is 11.5 Å². The molecule has 0 unspecified atom stereocenters. The molecule has 1 saturated heterocycles. The minimum atomic E-state index is -0.259. The van der Waals surface area contributed by atoms with Gasteiger partial charge in [-0.2, -0.15) is 0 Å².